The lowest BCUT2D eigenvalue weighted by molar-refractivity contribution is -0.145. The predicted molar refractivity (Wildman–Crippen MR) is 84.8 cm³/mol. The Kier molecular flexibility index (Phi) is 5.26. The van der Waals surface area contributed by atoms with Crippen molar-refractivity contribution in [3.8, 4) is 0 Å². The van der Waals surface area contributed by atoms with E-state index in [9.17, 15) is 14.4 Å². The van der Waals surface area contributed by atoms with Crippen molar-refractivity contribution in [2.24, 2.45) is 5.41 Å². The van der Waals surface area contributed by atoms with Crippen LogP contribution >= 0.6 is 0 Å². The van der Waals surface area contributed by atoms with E-state index in [1.165, 1.54) is 4.90 Å². The summed E-state index contributed by atoms with van der Waals surface area (Å²) in [6, 6.07) is 9.36. The van der Waals surface area contributed by atoms with Crippen molar-refractivity contribution in [1.82, 2.24) is 4.90 Å². The molecule has 1 fully saturated rings. The van der Waals surface area contributed by atoms with E-state index < -0.39 is 22.9 Å². The van der Waals surface area contributed by atoms with Gasteiger partial charge in [0.1, 0.15) is 5.41 Å². The van der Waals surface area contributed by atoms with E-state index in [0.29, 0.717) is 19.4 Å². The number of carbonyl (C=O) groups excluding carboxylic acids is 3. The van der Waals surface area contributed by atoms with Crippen molar-refractivity contribution in [1.29, 1.82) is 0 Å². The molecule has 7 nitrogen and oxygen atoms in total. The van der Waals surface area contributed by atoms with E-state index in [2.05, 4.69) is 4.79 Å². The monoisotopic (exact) mass is 329 g/mol. The highest BCUT2D eigenvalue weighted by Crippen LogP contribution is 2.48. The smallest absolute Gasteiger partial charge is 0.442 e. The molecule has 0 atom stereocenters. The molecule has 1 aromatic carbocycles. The average molecular weight is 329 g/mol. The fourth-order valence-corrected chi connectivity index (χ4v) is 2.56. The van der Waals surface area contributed by atoms with Crippen LogP contribution in [0.1, 0.15) is 25.3 Å². The van der Waals surface area contributed by atoms with Gasteiger partial charge in [-0.3, -0.25) is 9.59 Å². The van der Waals surface area contributed by atoms with Gasteiger partial charge >= 0.3 is 11.7 Å². The van der Waals surface area contributed by atoms with Gasteiger partial charge in [0.25, 0.3) is 5.78 Å². The number of carbonyl (C=O) groups is 3. The molecule has 0 bridgehead atoms. The van der Waals surface area contributed by atoms with E-state index in [1.54, 1.807) is 14.0 Å². The van der Waals surface area contributed by atoms with Crippen LogP contribution in [0.3, 0.4) is 0 Å². The summed E-state index contributed by atoms with van der Waals surface area (Å²) in [4.78, 5) is 41.1. The summed E-state index contributed by atoms with van der Waals surface area (Å²) < 4.78 is 4.70. The summed E-state index contributed by atoms with van der Waals surface area (Å²) in [5.74, 6) is -2.19. The van der Waals surface area contributed by atoms with E-state index in [-0.39, 0.29) is 12.5 Å². The van der Waals surface area contributed by atoms with Crippen LogP contribution in [-0.4, -0.2) is 46.7 Å². The number of hydrogen-bond donors (Lipinski definition) is 0. The van der Waals surface area contributed by atoms with Crippen molar-refractivity contribution >= 4 is 23.4 Å². The Morgan fingerprint density at radius 3 is 2.38 bits per heavy atom. The third kappa shape index (κ3) is 3.41. The predicted octanol–water partition coefficient (Wildman–Crippen LogP) is 1.23. The van der Waals surface area contributed by atoms with Crippen LogP contribution in [0.5, 0.6) is 0 Å². The molecule has 1 aromatic rings. The SMILES string of the molecule is CCOC(=O)C(=[N+]=[N-])C(=O)C1(C(=O)N(C)Cc2ccccc2)CC1. The van der Waals surface area contributed by atoms with Gasteiger partial charge in [-0.15, -0.1) is 0 Å². The van der Waals surface area contributed by atoms with Gasteiger partial charge in [-0.05, 0) is 25.3 Å². The molecule has 0 aromatic heterocycles. The van der Waals surface area contributed by atoms with Gasteiger partial charge in [0.05, 0.1) is 6.61 Å². The number of Topliss-reactive ketones (excluding diaryl/α,β-unsaturated/α-hetero) is 1. The van der Waals surface area contributed by atoms with Gasteiger partial charge < -0.3 is 15.2 Å². The molecule has 1 saturated carbocycles. The van der Waals surface area contributed by atoms with Gasteiger partial charge in [0, 0.05) is 13.6 Å². The van der Waals surface area contributed by atoms with Crippen LogP contribution < -0.4 is 0 Å². The number of ether oxygens (including phenoxy) is 1. The molecule has 0 spiro atoms. The zero-order chi connectivity index (χ0) is 17.7. The second-order valence-electron chi connectivity index (χ2n) is 5.73. The van der Waals surface area contributed by atoms with Crippen LogP contribution in [0.15, 0.2) is 30.3 Å². The van der Waals surface area contributed by atoms with Crippen LogP contribution in [0.25, 0.3) is 5.53 Å². The minimum Gasteiger partial charge on any atom is -0.457 e. The molecular formula is C17H19N3O4. The zero-order valence-corrected chi connectivity index (χ0v) is 13.7. The highest BCUT2D eigenvalue weighted by molar-refractivity contribution is 6.65. The van der Waals surface area contributed by atoms with E-state index in [1.807, 2.05) is 30.3 Å². The number of esters is 1. The molecule has 126 valence electrons. The molecule has 0 radical (unpaired) electrons. The maximum absolute atomic E-state index is 12.7. The zero-order valence-electron chi connectivity index (χ0n) is 13.7. The van der Waals surface area contributed by atoms with E-state index >= 15 is 0 Å². The fraction of sp³-hybridized carbons (Fsp3) is 0.412. The molecule has 1 aliphatic rings. The Labute approximate surface area is 139 Å². The van der Waals surface area contributed by atoms with Crippen molar-refractivity contribution in [2.45, 2.75) is 26.3 Å². The first kappa shape index (κ1) is 17.6. The molecule has 0 unspecified atom stereocenters. The number of amides is 1. The Morgan fingerprint density at radius 2 is 1.88 bits per heavy atom. The van der Waals surface area contributed by atoms with E-state index in [4.69, 9.17) is 10.3 Å². The van der Waals surface area contributed by atoms with Crippen molar-refractivity contribution in [3.05, 3.63) is 41.4 Å². The topological polar surface area (TPSA) is 100 Å². The Bertz CT molecular complexity index is 704. The molecular weight excluding hydrogens is 310 g/mol. The summed E-state index contributed by atoms with van der Waals surface area (Å²) in [6.45, 7) is 1.96. The van der Waals surface area contributed by atoms with E-state index in [0.717, 1.165) is 5.56 Å². The number of ketones is 1. The lowest BCUT2D eigenvalue weighted by Gasteiger charge is -2.21. The first-order chi connectivity index (χ1) is 11.5. The maximum atomic E-state index is 12.7. The molecule has 1 aliphatic carbocycles. The van der Waals surface area contributed by atoms with Gasteiger partial charge in [0.2, 0.25) is 5.91 Å². The van der Waals surface area contributed by atoms with Gasteiger partial charge in [-0.2, -0.15) is 4.79 Å². The minimum absolute atomic E-state index is 0.0417. The number of nitrogens with zero attached hydrogens (tertiary/aromatic N) is 3. The maximum Gasteiger partial charge on any atom is 0.442 e. The molecule has 0 N–H and O–H groups in total. The van der Waals surface area contributed by atoms with Crippen molar-refractivity contribution < 1.29 is 23.9 Å². The minimum atomic E-state index is -1.32. The Morgan fingerprint density at radius 1 is 1.25 bits per heavy atom. The number of benzene rings is 1. The lowest BCUT2D eigenvalue weighted by atomic mass is 9.95. The molecule has 7 heteroatoms. The summed E-state index contributed by atoms with van der Waals surface area (Å²) in [5.41, 5.74) is 7.86. The largest absolute Gasteiger partial charge is 0.457 e. The summed E-state index contributed by atoms with van der Waals surface area (Å²) in [7, 11) is 1.60. The van der Waals surface area contributed by atoms with Gasteiger partial charge in [-0.1, -0.05) is 30.3 Å². The number of hydrogen-bond acceptors (Lipinski definition) is 4. The summed E-state index contributed by atoms with van der Waals surface area (Å²) in [6.07, 6.45) is 0.643. The van der Waals surface area contributed by atoms with Gasteiger partial charge in [-0.25, -0.2) is 4.79 Å². The van der Waals surface area contributed by atoms with Crippen LogP contribution in [0, 0.1) is 5.41 Å². The molecule has 0 saturated heterocycles. The first-order valence-corrected chi connectivity index (χ1v) is 7.69. The highest BCUT2D eigenvalue weighted by Gasteiger charge is 2.62. The quantitative estimate of drug-likeness (QED) is 0.247. The Hall–Kier alpha value is -2.79. The molecule has 24 heavy (non-hydrogen) atoms. The summed E-state index contributed by atoms with van der Waals surface area (Å²) >= 11 is 0. The number of rotatable bonds is 7. The van der Waals surface area contributed by atoms with Gasteiger partial charge in [0.15, 0.2) is 0 Å². The first-order valence-electron chi connectivity index (χ1n) is 7.69. The summed E-state index contributed by atoms with van der Waals surface area (Å²) in [5, 5.41) is 0. The average Bonchev–Trinajstić information content (AvgIpc) is 3.37. The third-order valence-electron chi connectivity index (χ3n) is 3.99. The van der Waals surface area contributed by atoms with Crippen LogP contribution in [0.4, 0.5) is 0 Å². The standard InChI is InChI=1S/C17H19N3O4/c1-3-24-15(22)13(19-18)14(21)17(9-10-17)16(23)20(2)11-12-7-5-4-6-8-12/h4-8H,3,9-11H2,1-2H3. The lowest BCUT2D eigenvalue weighted by Crippen LogP contribution is -2.43. The molecule has 0 heterocycles. The second kappa shape index (κ2) is 7.19. The fourth-order valence-electron chi connectivity index (χ4n) is 2.56. The Balaban J connectivity index is 2.14. The highest BCUT2D eigenvalue weighted by atomic mass is 16.5. The van der Waals surface area contributed by atoms with Crippen LogP contribution in [-0.2, 0) is 25.7 Å². The molecule has 2 rings (SSSR count). The van der Waals surface area contributed by atoms with Crippen LogP contribution in [0.2, 0.25) is 0 Å². The van der Waals surface area contributed by atoms with Crippen molar-refractivity contribution in [3.63, 3.8) is 0 Å². The third-order valence-corrected chi connectivity index (χ3v) is 3.99. The molecule has 1 amide bonds. The van der Waals surface area contributed by atoms with Crippen molar-refractivity contribution in [2.75, 3.05) is 13.7 Å². The second-order valence-corrected chi connectivity index (χ2v) is 5.73. The normalized spacial score (nSPS) is 14.2. The molecule has 0 aliphatic heterocycles.